The summed E-state index contributed by atoms with van der Waals surface area (Å²) in [5, 5.41) is 11.8. The third-order valence-corrected chi connectivity index (χ3v) is 2.54. The van der Waals surface area contributed by atoms with E-state index in [1.165, 1.54) is 19.4 Å². The van der Waals surface area contributed by atoms with Crippen LogP contribution in [0.5, 0.6) is 0 Å². The molecule has 0 atom stereocenters. The molecular weight excluding hydrogens is 260 g/mol. The monoisotopic (exact) mass is 272 g/mol. The van der Waals surface area contributed by atoms with Crippen LogP contribution in [0.4, 0.5) is 16.3 Å². The van der Waals surface area contributed by atoms with Crippen molar-refractivity contribution in [2.75, 3.05) is 11.9 Å². The Hall–Kier alpha value is -2.96. The fraction of sp³-hybridized carbons (Fsp3) is 0.0769. The molecule has 1 aromatic carbocycles. The van der Waals surface area contributed by atoms with Gasteiger partial charge in [0.15, 0.2) is 11.5 Å². The minimum atomic E-state index is -1.25. The predicted molar refractivity (Wildman–Crippen MR) is 72.0 cm³/mol. The molecule has 0 fully saturated rings. The standard InChI is InChI=1S/C13H12N4O3/c1-14-12(18)10-11(16-8-7-15-10)17(13(19)20)9-5-3-2-4-6-9/h2-8H,1H3,(H,14,18)(H,19,20). The number of carboxylic acid groups (broad SMARTS) is 1. The zero-order valence-corrected chi connectivity index (χ0v) is 10.6. The van der Waals surface area contributed by atoms with Crippen LogP contribution in [0.25, 0.3) is 0 Å². The number of anilines is 2. The first-order chi connectivity index (χ1) is 9.65. The molecule has 1 heterocycles. The number of nitrogens with one attached hydrogen (secondary N) is 1. The Morgan fingerprint density at radius 2 is 1.80 bits per heavy atom. The van der Waals surface area contributed by atoms with Gasteiger partial charge >= 0.3 is 6.09 Å². The maximum absolute atomic E-state index is 11.8. The molecule has 2 aromatic rings. The summed E-state index contributed by atoms with van der Waals surface area (Å²) in [5.74, 6) is -0.541. The van der Waals surface area contributed by atoms with Crippen molar-refractivity contribution in [1.82, 2.24) is 15.3 Å². The summed E-state index contributed by atoms with van der Waals surface area (Å²) in [7, 11) is 1.44. The lowest BCUT2D eigenvalue weighted by molar-refractivity contribution is 0.0958. The fourth-order valence-electron chi connectivity index (χ4n) is 1.67. The molecule has 7 heteroatoms. The van der Waals surface area contributed by atoms with E-state index in [1.54, 1.807) is 30.3 Å². The quantitative estimate of drug-likeness (QED) is 0.885. The van der Waals surface area contributed by atoms with Crippen molar-refractivity contribution in [2.24, 2.45) is 0 Å². The summed E-state index contributed by atoms with van der Waals surface area (Å²) >= 11 is 0. The van der Waals surface area contributed by atoms with E-state index in [1.807, 2.05) is 0 Å². The third kappa shape index (κ3) is 2.56. The first-order valence-corrected chi connectivity index (χ1v) is 5.76. The van der Waals surface area contributed by atoms with E-state index in [9.17, 15) is 14.7 Å². The molecule has 7 nitrogen and oxygen atoms in total. The van der Waals surface area contributed by atoms with Crippen molar-refractivity contribution in [3.05, 3.63) is 48.4 Å². The highest BCUT2D eigenvalue weighted by Gasteiger charge is 2.24. The van der Waals surface area contributed by atoms with E-state index in [2.05, 4.69) is 15.3 Å². The second-order valence-corrected chi connectivity index (χ2v) is 3.76. The number of rotatable bonds is 3. The highest BCUT2D eigenvalue weighted by atomic mass is 16.4. The SMILES string of the molecule is CNC(=O)c1nccnc1N(C(=O)O)c1ccccc1. The van der Waals surface area contributed by atoms with Gasteiger partial charge in [-0.05, 0) is 12.1 Å². The Labute approximate surface area is 114 Å². The summed E-state index contributed by atoms with van der Waals surface area (Å²) < 4.78 is 0. The van der Waals surface area contributed by atoms with E-state index in [0.29, 0.717) is 5.69 Å². The van der Waals surface area contributed by atoms with Gasteiger partial charge in [-0.1, -0.05) is 18.2 Å². The molecule has 1 aromatic heterocycles. The maximum Gasteiger partial charge on any atom is 0.417 e. The van der Waals surface area contributed by atoms with Crippen LogP contribution in [-0.2, 0) is 0 Å². The Balaban J connectivity index is 2.57. The van der Waals surface area contributed by atoms with Gasteiger partial charge in [-0.3, -0.25) is 4.79 Å². The van der Waals surface area contributed by atoms with Gasteiger partial charge in [0.25, 0.3) is 5.91 Å². The van der Waals surface area contributed by atoms with Gasteiger partial charge in [-0.15, -0.1) is 0 Å². The molecule has 2 rings (SSSR count). The number of carbonyl (C=O) groups is 2. The first-order valence-electron chi connectivity index (χ1n) is 5.76. The Kier molecular flexibility index (Phi) is 3.90. The number of carbonyl (C=O) groups excluding carboxylic acids is 1. The molecule has 0 radical (unpaired) electrons. The summed E-state index contributed by atoms with van der Waals surface area (Å²) in [5.41, 5.74) is 0.326. The van der Waals surface area contributed by atoms with Gasteiger partial charge < -0.3 is 10.4 Å². The van der Waals surface area contributed by atoms with Crippen LogP contribution < -0.4 is 10.2 Å². The molecule has 2 amide bonds. The third-order valence-electron chi connectivity index (χ3n) is 2.54. The van der Waals surface area contributed by atoms with Crippen LogP contribution in [-0.4, -0.2) is 34.1 Å². The number of amides is 2. The van der Waals surface area contributed by atoms with Crippen LogP contribution in [0, 0.1) is 0 Å². The van der Waals surface area contributed by atoms with Crippen LogP contribution in [0.1, 0.15) is 10.5 Å². The van der Waals surface area contributed by atoms with Crippen LogP contribution in [0.3, 0.4) is 0 Å². The molecule has 2 N–H and O–H groups in total. The molecular formula is C13H12N4O3. The first kappa shape index (κ1) is 13.5. The number of hydrogen-bond donors (Lipinski definition) is 2. The van der Waals surface area contributed by atoms with Crippen molar-refractivity contribution in [3.8, 4) is 0 Å². The van der Waals surface area contributed by atoms with Gasteiger partial charge in [-0.25, -0.2) is 19.7 Å². The molecule has 20 heavy (non-hydrogen) atoms. The topological polar surface area (TPSA) is 95.4 Å². The smallest absolute Gasteiger partial charge is 0.417 e. The lowest BCUT2D eigenvalue weighted by Gasteiger charge is -2.19. The van der Waals surface area contributed by atoms with E-state index in [0.717, 1.165) is 4.90 Å². The summed E-state index contributed by atoms with van der Waals surface area (Å²) in [6, 6.07) is 8.37. The minimum absolute atomic E-state index is 0.0365. The van der Waals surface area contributed by atoms with Crippen molar-refractivity contribution in [1.29, 1.82) is 0 Å². The largest absolute Gasteiger partial charge is 0.464 e. The van der Waals surface area contributed by atoms with Crippen molar-refractivity contribution >= 4 is 23.5 Å². The number of aromatic nitrogens is 2. The van der Waals surface area contributed by atoms with Gasteiger partial charge in [0, 0.05) is 19.4 Å². The number of hydrogen-bond acceptors (Lipinski definition) is 4. The van der Waals surface area contributed by atoms with Crippen LogP contribution in [0.15, 0.2) is 42.7 Å². The van der Waals surface area contributed by atoms with Crippen molar-refractivity contribution < 1.29 is 14.7 Å². The normalized spacial score (nSPS) is 9.85. The summed E-state index contributed by atoms with van der Waals surface area (Å²) in [4.78, 5) is 32.0. The van der Waals surface area contributed by atoms with E-state index in [-0.39, 0.29) is 11.5 Å². The summed E-state index contributed by atoms with van der Waals surface area (Å²) in [6.45, 7) is 0. The Morgan fingerprint density at radius 1 is 1.15 bits per heavy atom. The minimum Gasteiger partial charge on any atom is -0.464 e. The number of para-hydroxylation sites is 1. The molecule has 0 saturated carbocycles. The highest BCUT2D eigenvalue weighted by Crippen LogP contribution is 2.25. The summed E-state index contributed by atoms with van der Waals surface area (Å²) in [6.07, 6.45) is 1.42. The molecule has 0 bridgehead atoms. The Bertz CT molecular complexity index is 631. The molecule has 0 saturated heterocycles. The molecule has 0 unspecified atom stereocenters. The second kappa shape index (κ2) is 5.79. The fourth-order valence-corrected chi connectivity index (χ4v) is 1.67. The van der Waals surface area contributed by atoms with E-state index < -0.39 is 12.0 Å². The van der Waals surface area contributed by atoms with Crippen LogP contribution >= 0.6 is 0 Å². The average molecular weight is 272 g/mol. The van der Waals surface area contributed by atoms with E-state index in [4.69, 9.17) is 0 Å². The zero-order valence-electron chi connectivity index (χ0n) is 10.6. The Morgan fingerprint density at radius 3 is 2.40 bits per heavy atom. The van der Waals surface area contributed by atoms with Crippen molar-refractivity contribution in [3.63, 3.8) is 0 Å². The second-order valence-electron chi connectivity index (χ2n) is 3.76. The maximum atomic E-state index is 11.8. The van der Waals surface area contributed by atoms with Crippen molar-refractivity contribution in [2.45, 2.75) is 0 Å². The van der Waals surface area contributed by atoms with Gasteiger partial charge in [0.05, 0.1) is 5.69 Å². The molecule has 0 aliphatic carbocycles. The molecule has 102 valence electrons. The van der Waals surface area contributed by atoms with Gasteiger partial charge in [0.2, 0.25) is 0 Å². The van der Waals surface area contributed by atoms with Crippen LogP contribution in [0.2, 0.25) is 0 Å². The number of nitrogens with zero attached hydrogens (tertiary/aromatic N) is 3. The average Bonchev–Trinajstić information content (AvgIpc) is 2.48. The van der Waals surface area contributed by atoms with Gasteiger partial charge in [-0.2, -0.15) is 0 Å². The highest BCUT2D eigenvalue weighted by molar-refractivity contribution is 6.03. The predicted octanol–water partition coefficient (Wildman–Crippen LogP) is 1.65. The van der Waals surface area contributed by atoms with E-state index >= 15 is 0 Å². The number of benzene rings is 1. The molecule has 0 aliphatic rings. The molecule has 0 spiro atoms. The lowest BCUT2D eigenvalue weighted by Crippen LogP contribution is -2.29. The zero-order chi connectivity index (χ0) is 14.5. The molecule has 0 aliphatic heterocycles. The lowest BCUT2D eigenvalue weighted by atomic mass is 10.2. The van der Waals surface area contributed by atoms with Gasteiger partial charge in [0.1, 0.15) is 0 Å².